The second kappa shape index (κ2) is 6.28. The lowest BCUT2D eigenvalue weighted by Gasteiger charge is -2.12. The monoisotopic (exact) mass is 329 g/mol. The van der Waals surface area contributed by atoms with Crippen molar-refractivity contribution in [2.24, 2.45) is 12.5 Å². The van der Waals surface area contributed by atoms with Gasteiger partial charge in [0, 0.05) is 18.5 Å². The highest BCUT2D eigenvalue weighted by molar-refractivity contribution is 7.07. The van der Waals surface area contributed by atoms with E-state index in [9.17, 15) is 9.59 Å². The second-order valence-corrected chi connectivity index (χ2v) is 7.98. The molecule has 2 rings (SSSR count). The Labute approximate surface area is 140 Å². The molecule has 1 heterocycles. The molecule has 0 radical (unpaired) electrons. The summed E-state index contributed by atoms with van der Waals surface area (Å²) in [6.45, 7) is 9.74. The van der Waals surface area contributed by atoms with Gasteiger partial charge in [-0.3, -0.25) is 9.59 Å². The Morgan fingerprint density at radius 3 is 2.39 bits per heavy atom. The molecule has 0 saturated heterocycles. The minimum absolute atomic E-state index is 0.0204. The highest BCUT2D eigenvalue weighted by atomic mass is 32.1. The number of aryl methyl sites for hydroxylation is 2. The number of hydrogen-bond donors (Lipinski definition) is 0. The van der Waals surface area contributed by atoms with Crippen LogP contribution in [-0.4, -0.2) is 10.4 Å². The van der Waals surface area contributed by atoms with Crippen LogP contribution >= 0.6 is 11.3 Å². The van der Waals surface area contributed by atoms with Crippen molar-refractivity contribution >= 4 is 29.3 Å². The van der Waals surface area contributed by atoms with Crippen LogP contribution in [0.15, 0.2) is 23.0 Å². The molecule has 0 unspecified atom stereocenters. The maximum atomic E-state index is 12.4. The van der Waals surface area contributed by atoms with Gasteiger partial charge in [-0.2, -0.15) is 0 Å². The van der Waals surface area contributed by atoms with E-state index in [1.165, 1.54) is 22.5 Å². The molecule has 23 heavy (non-hydrogen) atoms. The Hall–Kier alpha value is -1.94. The SMILES string of the molecule is Cc1ccc(/C=c2/s/c(=C/C(=O)C(C)(C)C)n(C)c2=O)cc1C. The molecule has 0 aliphatic carbocycles. The van der Waals surface area contributed by atoms with Gasteiger partial charge in [0.1, 0.15) is 4.66 Å². The Balaban J connectivity index is 2.59. The van der Waals surface area contributed by atoms with E-state index in [1.54, 1.807) is 17.7 Å². The van der Waals surface area contributed by atoms with Crippen molar-refractivity contribution in [1.82, 2.24) is 4.57 Å². The minimum atomic E-state index is -0.446. The van der Waals surface area contributed by atoms with Crippen LogP contribution in [0.3, 0.4) is 0 Å². The average molecular weight is 329 g/mol. The fraction of sp³-hybridized carbons (Fsp3) is 0.368. The zero-order valence-corrected chi connectivity index (χ0v) is 15.4. The number of carbonyl (C=O) groups is 1. The van der Waals surface area contributed by atoms with E-state index in [0.717, 1.165) is 5.56 Å². The van der Waals surface area contributed by atoms with Gasteiger partial charge in [0.25, 0.3) is 5.56 Å². The average Bonchev–Trinajstić information content (AvgIpc) is 2.70. The van der Waals surface area contributed by atoms with Gasteiger partial charge in [-0.25, -0.2) is 0 Å². The van der Waals surface area contributed by atoms with Crippen LogP contribution in [0.1, 0.15) is 37.5 Å². The highest BCUT2D eigenvalue weighted by Gasteiger charge is 2.19. The van der Waals surface area contributed by atoms with Gasteiger partial charge in [0.2, 0.25) is 0 Å². The van der Waals surface area contributed by atoms with Crippen LogP contribution in [0.2, 0.25) is 0 Å². The molecule has 0 saturated carbocycles. The molecule has 4 heteroatoms. The maximum absolute atomic E-state index is 12.4. The van der Waals surface area contributed by atoms with Gasteiger partial charge in [-0.15, -0.1) is 11.3 Å². The smallest absolute Gasteiger partial charge is 0.268 e. The summed E-state index contributed by atoms with van der Waals surface area (Å²) in [5.74, 6) is 0.0204. The van der Waals surface area contributed by atoms with Crippen molar-refractivity contribution in [3.05, 3.63) is 54.4 Å². The van der Waals surface area contributed by atoms with E-state index in [-0.39, 0.29) is 11.3 Å². The zero-order valence-electron chi connectivity index (χ0n) is 14.6. The Morgan fingerprint density at radius 1 is 1.17 bits per heavy atom. The van der Waals surface area contributed by atoms with Gasteiger partial charge in [0.15, 0.2) is 5.78 Å². The normalized spacial score (nSPS) is 13.7. The molecule has 1 aromatic carbocycles. The number of Topliss-reactive ketones (excluding diaryl/α,β-unsaturated/α-hetero) is 1. The number of thiazole rings is 1. The first-order valence-corrected chi connectivity index (χ1v) is 8.42. The van der Waals surface area contributed by atoms with Crippen molar-refractivity contribution in [1.29, 1.82) is 0 Å². The molecule has 1 aromatic heterocycles. The molecule has 2 aromatic rings. The molecule has 0 aliphatic rings. The Bertz CT molecular complexity index is 924. The number of benzene rings is 1. The number of nitrogens with zero attached hydrogens (tertiary/aromatic N) is 1. The van der Waals surface area contributed by atoms with Crippen LogP contribution < -0.4 is 14.8 Å². The summed E-state index contributed by atoms with van der Waals surface area (Å²) in [6.07, 6.45) is 3.46. The number of hydrogen-bond acceptors (Lipinski definition) is 3. The maximum Gasteiger partial charge on any atom is 0.268 e. The van der Waals surface area contributed by atoms with E-state index >= 15 is 0 Å². The summed E-state index contributed by atoms with van der Waals surface area (Å²) in [5, 5.41) is 0. The van der Waals surface area contributed by atoms with Gasteiger partial charge in [-0.05, 0) is 36.6 Å². The summed E-state index contributed by atoms with van der Waals surface area (Å²) in [6, 6.07) is 6.12. The van der Waals surface area contributed by atoms with E-state index in [1.807, 2.05) is 32.9 Å². The van der Waals surface area contributed by atoms with E-state index in [0.29, 0.717) is 9.20 Å². The Kier molecular flexibility index (Phi) is 4.76. The first-order valence-electron chi connectivity index (χ1n) is 7.60. The first kappa shape index (κ1) is 17.4. The van der Waals surface area contributed by atoms with Crippen LogP contribution in [0.5, 0.6) is 0 Å². The zero-order chi connectivity index (χ0) is 17.4. The number of carbonyl (C=O) groups excluding carboxylic acids is 1. The number of aromatic nitrogens is 1. The molecule has 0 aliphatic heterocycles. The molecule has 0 bridgehead atoms. The van der Waals surface area contributed by atoms with E-state index in [2.05, 4.69) is 26.0 Å². The summed E-state index contributed by atoms with van der Waals surface area (Å²) >= 11 is 1.35. The van der Waals surface area contributed by atoms with Crippen LogP contribution in [-0.2, 0) is 11.8 Å². The highest BCUT2D eigenvalue weighted by Crippen LogP contribution is 2.14. The molecule has 0 spiro atoms. The molecule has 3 nitrogen and oxygen atoms in total. The lowest BCUT2D eigenvalue weighted by Crippen LogP contribution is -2.30. The van der Waals surface area contributed by atoms with Crippen molar-refractivity contribution in [2.45, 2.75) is 34.6 Å². The number of ketones is 1. The predicted octanol–water partition coefficient (Wildman–Crippen LogP) is 2.29. The summed E-state index contributed by atoms with van der Waals surface area (Å²) < 4.78 is 2.87. The predicted molar refractivity (Wildman–Crippen MR) is 97.2 cm³/mol. The fourth-order valence-corrected chi connectivity index (χ4v) is 3.07. The lowest BCUT2D eigenvalue weighted by molar-refractivity contribution is -0.120. The third-order valence-electron chi connectivity index (χ3n) is 3.88. The van der Waals surface area contributed by atoms with E-state index < -0.39 is 5.41 Å². The molecule has 0 fully saturated rings. The van der Waals surface area contributed by atoms with Crippen molar-refractivity contribution < 1.29 is 4.79 Å². The molecule has 0 amide bonds. The first-order chi connectivity index (χ1) is 10.6. The van der Waals surface area contributed by atoms with Gasteiger partial charge in [-0.1, -0.05) is 39.0 Å². The van der Waals surface area contributed by atoms with Crippen molar-refractivity contribution in [3.8, 4) is 0 Å². The lowest BCUT2D eigenvalue weighted by atomic mass is 9.91. The van der Waals surface area contributed by atoms with Gasteiger partial charge < -0.3 is 4.57 Å². The molecule has 0 atom stereocenters. The largest absolute Gasteiger partial charge is 0.302 e. The Morgan fingerprint density at radius 2 is 1.83 bits per heavy atom. The second-order valence-electron chi connectivity index (χ2n) is 6.92. The van der Waals surface area contributed by atoms with Gasteiger partial charge >= 0.3 is 0 Å². The summed E-state index contributed by atoms with van der Waals surface area (Å²) in [4.78, 5) is 24.6. The molecule has 0 N–H and O–H groups in total. The van der Waals surface area contributed by atoms with Crippen molar-refractivity contribution in [3.63, 3.8) is 0 Å². The van der Waals surface area contributed by atoms with Gasteiger partial charge in [0.05, 0.1) is 4.53 Å². The quantitative estimate of drug-likeness (QED) is 0.848. The standard InChI is InChI=1S/C19H23NO2S/c1-12-7-8-14(9-13(12)2)10-15-18(22)20(6)17(23-15)11-16(21)19(3,4)5/h7-11H,1-6H3/b15-10+,17-11+. The van der Waals surface area contributed by atoms with Crippen LogP contribution in [0, 0.1) is 19.3 Å². The fourth-order valence-electron chi connectivity index (χ4n) is 2.04. The molecular formula is C19H23NO2S. The topological polar surface area (TPSA) is 39.1 Å². The minimum Gasteiger partial charge on any atom is -0.302 e. The molecular weight excluding hydrogens is 306 g/mol. The number of rotatable bonds is 2. The summed E-state index contributed by atoms with van der Waals surface area (Å²) in [7, 11) is 1.71. The third-order valence-corrected chi connectivity index (χ3v) is 5.00. The molecule has 122 valence electrons. The summed E-state index contributed by atoms with van der Waals surface area (Å²) in [5.41, 5.74) is 2.91. The van der Waals surface area contributed by atoms with Crippen LogP contribution in [0.25, 0.3) is 12.2 Å². The van der Waals surface area contributed by atoms with Crippen LogP contribution in [0.4, 0.5) is 0 Å². The van der Waals surface area contributed by atoms with E-state index in [4.69, 9.17) is 0 Å². The third kappa shape index (κ3) is 3.88. The van der Waals surface area contributed by atoms with Crippen molar-refractivity contribution in [2.75, 3.05) is 0 Å².